The Labute approximate surface area is 122 Å². The molecule has 3 heteroatoms. The number of ether oxygens (including phenoxy) is 1. The molecule has 0 aliphatic rings. The molecule has 0 atom stereocenters. The van der Waals surface area contributed by atoms with E-state index in [1.165, 1.54) is 38.2 Å². The van der Waals surface area contributed by atoms with E-state index in [4.69, 9.17) is 4.74 Å². The van der Waals surface area contributed by atoms with Crippen molar-refractivity contribution < 1.29 is 14.9 Å². The number of para-hydroxylation sites is 1. The van der Waals surface area contributed by atoms with Crippen LogP contribution in [0.3, 0.4) is 0 Å². The first-order chi connectivity index (χ1) is 9.46. The smallest absolute Gasteiger partial charge is 0.200 e. The van der Waals surface area contributed by atoms with Gasteiger partial charge in [0.15, 0.2) is 11.5 Å². The Morgan fingerprint density at radius 1 is 1.00 bits per heavy atom. The Hall–Kier alpha value is -1.38. The first-order valence-electron chi connectivity index (χ1n) is 7.66. The average molecular weight is 280 g/mol. The third-order valence-corrected chi connectivity index (χ3v) is 3.50. The van der Waals surface area contributed by atoms with Crippen molar-refractivity contribution in [2.24, 2.45) is 0 Å². The molecule has 0 heterocycles. The number of hydrogen-bond donors (Lipinski definition) is 2. The summed E-state index contributed by atoms with van der Waals surface area (Å²) in [6.07, 6.45) is 8.46. The van der Waals surface area contributed by atoms with Crippen LogP contribution in [0.25, 0.3) is 0 Å². The summed E-state index contributed by atoms with van der Waals surface area (Å²) in [5, 5.41) is 19.2. The van der Waals surface area contributed by atoms with Crippen molar-refractivity contribution in [3.63, 3.8) is 0 Å². The van der Waals surface area contributed by atoms with Gasteiger partial charge in [-0.3, -0.25) is 0 Å². The molecule has 0 aromatic heterocycles. The normalized spacial score (nSPS) is 11.6. The summed E-state index contributed by atoms with van der Waals surface area (Å²) in [4.78, 5) is 0. The molecule has 1 aromatic rings. The molecule has 0 amide bonds. The molecule has 0 saturated heterocycles. The summed E-state index contributed by atoms with van der Waals surface area (Å²) < 4.78 is 5.83. The first-order valence-corrected chi connectivity index (χ1v) is 7.66. The van der Waals surface area contributed by atoms with Crippen molar-refractivity contribution in [3.8, 4) is 17.2 Å². The van der Waals surface area contributed by atoms with Crippen LogP contribution in [0.15, 0.2) is 18.2 Å². The maximum Gasteiger partial charge on any atom is 0.200 e. The van der Waals surface area contributed by atoms with E-state index >= 15 is 0 Å². The van der Waals surface area contributed by atoms with Crippen LogP contribution in [-0.2, 0) is 0 Å². The Morgan fingerprint density at radius 2 is 1.65 bits per heavy atom. The molecule has 3 nitrogen and oxygen atoms in total. The van der Waals surface area contributed by atoms with Gasteiger partial charge in [0.1, 0.15) is 5.60 Å². The number of aromatic hydroxyl groups is 2. The predicted molar refractivity (Wildman–Crippen MR) is 82.5 cm³/mol. The molecular formula is C17H28O3. The third-order valence-electron chi connectivity index (χ3n) is 3.50. The number of phenolic OH excluding ortho intramolecular Hbond substituents is 2. The highest BCUT2D eigenvalue weighted by Gasteiger charge is 2.21. The van der Waals surface area contributed by atoms with Crippen molar-refractivity contribution in [1.29, 1.82) is 0 Å². The lowest BCUT2D eigenvalue weighted by molar-refractivity contribution is 0.0916. The van der Waals surface area contributed by atoms with E-state index < -0.39 is 0 Å². The molecule has 114 valence electrons. The maximum atomic E-state index is 9.75. The summed E-state index contributed by atoms with van der Waals surface area (Å²) in [5.41, 5.74) is -0.337. The van der Waals surface area contributed by atoms with E-state index in [0.29, 0.717) is 5.75 Å². The van der Waals surface area contributed by atoms with Gasteiger partial charge in [0.2, 0.25) is 5.75 Å². The molecule has 0 unspecified atom stereocenters. The molecule has 0 aliphatic heterocycles. The largest absolute Gasteiger partial charge is 0.504 e. The summed E-state index contributed by atoms with van der Waals surface area (Å²) in [6, 6.07) is 4.80. The highest BCUT2D eigenvalue weighted by molar-refractivity contribution is 5.49. The fourth-order valence-corrected chi connectivity index (χ4v) is 2.27. The lowest BCUT2D eigenvalue weighted by atomic mass is 9.99. The van der Waals surface area contributed by atoms with Crippen LogP contribution in [0.1, 0.15) is 65.7 Å². The van der Waals surface area contributed by atoms with Gasteiger partial charge in [-0.1, -0.05) is 45.1 Å². The SMILES string of the molecule is CCCCCCCCC(C)(C)Oc1cccc(O)c1O. The number of rotatable bonds is 9. The number of benzene rings is 1. The van der Waals surface area contributed by atoms with Crippen LogP contribution in [-0.4, -0.2) is 15.8 Å². The average Bonchev–Trinajstić information content (AvgIpc) is 2.39. The number of phenols is 2. The highest BCUT2D eigenvalue weighted by Crippen LogP contribution is 2.37. The molecule has 0 spiro atoms. The van der Waals surface area contributed by atoms with Gasteiger partial charge in [-0.05, 0) is 38.8 Å². The molecule has 20 heavy (non-hydrogen) atoms. The van der Waals surface area contributed by atoms with Crippen LogP contribution in [0, 0.1) is 0 Å². The molecule has 0 aliphatic carbocycles. The van der Waals surface area contributed by atoms with Crippen LogP contribution < -0.4 is 4.74 Å². The minimum atomic E-state index is -0.337. The zero-order chi connectivity index (χ0) is 15.0. The summed E-state index contributed by atoms with van der Waals surface area (Å²) >= 11 is 0. The molecule has 0 fully saturated rings. The first kappa shape index (κ1) is 16.7. The van der Waals surface area contributed by atoms with E-state index in [9.17, 15) is 10.2 Å². The van der Waals surface area contributed by atoms with Gasteiger partial charge in [0.05, 0.1) is 0 Å². The Kier molecular flexibility index (Phi) is 6.69. The van der Waals surface area contributed by atoms with Crippen molar-refractivity contribution in [3.05, 3.63) is 18.2 Å². The Bertz CT molecular complexity index is 399. The second-order valence-corrected chi connectivity index (χ2v) is 6.00. The van der Waals surface area contributed by atoms with E-state index in [2.05, 4.69) is 6.92 Å². The lowest BCUT2D eigenvalue weighted by Gasteiger charge is -2.27. The molecule has 1 aromatic carbocycles. The standard InChI is InChI=1S/C17H28O3/c1-4-5-6-7-8-9-13-17(2,3)20-15-12-10-11-14(18)16(15)19/h10-12,18-19H,4-9,13H2,1-3H3. The van der Waals surface area contributed by atoms with Crippen molar-refractivity contribution in [2.45, 2.75) is 71.3 Å². The minimum Gasteiger partial charge on any atom is -0.504 e. The van der Waals surface area contributed by atoms with Gasteiger partial charge in [-0.2, -0.15) is 0 Å². The molecule has 0 bridgehead atoms. The Balaban J connectivity index is 2.39. The van der Waals surface area contributed by atoms with Crippen LogP contribution in [0.5, 0.6) is 17.2 Å². The van der Waals surface area contributed by atoms with E-state index in [1.54, 1.807) is 12.1 Å². The zero-order valence-electron chi connectivity index (χ0n) is 13.0. The monoisotopic (exact) mass is 280 g/mol. The maximum absolute atomic E-state index is 9.75. The van der Waals surface area contributed by atoms with Crippen LogP contribution in [0.4, 0.5) is 0 Å². The topological polar surface area (TPSA) is 49.7 Å². The van der Waals surface area contributed by atoms with Crippen LogP contribution >= 0.6 is 0 Å². The molecular weight excluding hydrogens is 252 g/mol. The molecule has 2 N–H and O–H groups in total. The summed E-state index contributed by atoms with van der Waals surface area (Å²) in [6.45, 7) is 6.25. The van der Waals surface area contributed by atoms with Gasteiger partial charge in [-0.25, -0.2) is 0 Å². The quantitative estimate of drug-likeness (QED) is 0.494. The molecule has 0 saturated carbocycles. The Morgan fingerprint density at radius 3 is 2.35 bits per heavy atom. The number of unbranched alkanes of at least 4 members (excludes halogenated alkanes) is 5. The third kappa shape index (κ3) is 5.72. The van der Waals surface area contributed by atoms with Crippen LogP contribution in [0.2, 0.25) is 0 Å². The molecule has 1 rings (SSSR count). The lowest BCUT2D eigenvalue weighted by Crippen LogP contribution is -2.28. The van der Waals surface area contributed by atoms with Gasteiger partial charge >= 0.3 is 0 Å². The molecule has 0 radical (unpaired) electrons. The van der Waals surface area contributed by atoms with E-state index in [0.717, 1.165) is 12.8 Å². The van der Waals surface area contributed by atoms with Gasteiger partial charge in [0, 0.05) is 0 Å². The number of hydrogen-bond acceptors (Lipinski definition) is 3. The van der Waals surface area contributed by atoms with E-state index in [1.807, 2.05) is 13.8 Å². The summed E-state index contributed by atoms with van der Waals surface area (Å²) in [7, 11) is 0. The highest BCUT2D eigenvalue weighted by atomic mass is 16.5. The van der Waals surface area contributed by atoms with Gasteiger partial charge in [-0.15, -0.1) is 0 Å². The van der Waals surface area contributed by atoms with Crippen molar-refractivity contribution >= 4 is 0 Å². The zero-order valence-corrected chi connectivity index (χ0v) is 13.0. The van der Waals surface area contributed by atoms with E-state index in [-0.39, 0.29) is 17.1 Å². The summed E-state index contributed by atoms with van der Waals surface area (Å²) in [5.74, 6) is 0.0300. The van der Waals surface area contributed by atoms with Gasteiger partial charge < -0.3 is 14.9 Å². The van der Waals surface area contributed by atoms with Crippen molar-refractivity contribution in [1.82, 2.24) is 0 Å². The van der Waals surface area contributed by atoms with Gasteiger partial charge in [0.25, 0.3) is 0 Å². The van der Waals surface area contributed by atoms with Crippen molar-refractivity contribution in [2.75, 3.05) is 0 Å². The predicted octanol–water partition coefficient (Wildman–Crippen LogP) is 5.01. The fourth-order valence-electron chi connectivity index (χ4n) is 2.27. The second kappa shape index (κ2) is 8.03. The minimum absolute atomic E-state index is 0.141. The second-order valence-electron chi connectivity index (χ2n) is 6.00. The fraction of sp³-hybridized carbons (Fsp3) is 0.647.